The van der Waals surface area contributed by atoms with Crippen molar-refractivity contribution in [2.24, 2.45) is 17.8 Å². The number of ether oxygens (including phenoxy) is 1. The van der Waals surface area contributed by atoms with Gasteiger partial charge in [-0.3, -0.25) is 4.79 Å². The Labute approximate surface area is 160 Å². The summed E-state index contributed by atoms with van der Waals surface area (Å²) in [6, 6.07) is 7.15. The van der Waals surface area contributed by atoms with E-state index in [1.54, 1.807) is 19.2 Å². The quantitative estimate of drug-likeness (QED) is 0.718. The highest BCUT2D eigenvalue weighted by molar-refractivity contribution is 5.92. The van der Waals surface area contributed by atoms with Gasteiger partial charge in [-0.15, -0.1) is 0 Å². The Morgan fingerprint density at radius 3 is 2.33 bits per heavy atom. The Morgan fingerprint density at radius 1 is 1.07 bits per heavy atom. The van der Waals surface area contributed by atoms with Crippen LogP contribution in [0.1, 0.15) is 44.9 Å². The summed E-state index contributed by atoms with van der Waals surface area (Å²) >= 11 is 0. The van der Waals surface area contributed by atoms with Gasteiger partial charge in [-0.25, -0.2) is 4.79 Å². The summed E-state index contributed by atoms with van der Waals surface area (Å²) in [5.41, 5.74) is 0.640. The number of carbonyl (C=O) groups is 2. The lowest BCUT2D eigenvalue weighted by atomic mass is 9.53. The summed E-state index contributed by atoms with van der Waals surface area (Å²) in [6.07, 6.45) is 7.66. The first kappa shape index (κ1) is 18.1. The van der Waals surface area contributed by atoms with Gasteiger partial charge >= 0.3 is 6.03 Å². The van der Waals surface area contributed by atoms with Crippen LogP contribution in [0.25, 0.3) is 0 Å². The molecule has 0 spiro atoms. The Bertz CT molecular complexity index is 683. The normalized spacial score (nSPS) is 30.6. The molecule has 5 rings (SSSR count). The van der Waals surface area contributed by atoms with Crippen LogP contribution in [0.2, 0.25) is 0 Å². The molecule has 3 amide bonds. The molecule has 4 aliphatic carbocycles. The highest BCUT2D eigenvalue weighted by Crippen LogP contribution is 2.55. The highest BCUT2D eigenvalue weighted by Gasteiger charge is 2.51. The zero-order chi connectivity index (χ0) is 18.9. The Kier molecular flexibility index (Phi) is 4.98. The molecule has 4 bridgehead atoms. The number of benzene rings is 1. The standard InChI is InChI=1S/C21H29N3O3/c1-27-18-5-3-2-4-17(18)23-19(25)6-7-22-20(26)24-21-11-14-8-15(12-21)10-16(9-14)13-21/h2-5,14-16H,6-13H2,1H3,(H,23,25)(H2,22,24,26). The molecule has 1 aromatic carbocycles. The first-order valence-corrected chi connectivity index (χ1v) is 10.0. The van der Waals surface area contributed by atoms with E-state index in [4.69, 9.17) is 4.74 Å². The lowest BCUT2D eigenvalue weighted by molar-refractivity contribution is -0.116. The van der Waals surface area contributed by atoms with Gasteiger partial charge in [0.15, 0.2) is 0 Å². The molecule has 4 fully saturated rings. The molecule has 3 N–H and O–H groups in total. The van der Waals surface area contributed by atoms with Crippen LogP contribution in [-0.4, -0.2) is 31.1 Å². The molecule has 0 aliphatic heterocycles. The van der Waals surface area contributed by atoms with Crippen molar-refractivity contribution in [3.8, 4) is 5.75 Å². The van der Waals surface area contributed by atoms with Crippen molar-refractivity contribution in [1.29, 1.82) is 0 Å². The van der Waals surface area contributed by atoms with E-state index in [0.29, 0.717) is 18.0 Å². The molecular formula is C21H29N3O3. The molecule has 146 valence electrons. The lowest BCUT2D eigenvalue weighted by Gasteiger charge is -2.56. The molecule has 0 unspecified atom stereocenters. The van der Waals surface area contributed by atoms with Crippen molar-refractivity contribution < 1.29 is 14.3 Å². The summed E-state index contributed by atoms with van der Waals surface area (Å²) in [6.45, 7) is 0.319. The molecule has 4 aliphatic rings. The maximum atomic E-state index is 12.4. The third kappa shape index (κ3) is 4.04. The number of amides is 3. The molecule has 0 saturated heterocycles. The average molecular weight is 371 g/mol. The molecule has 27 heavy (non-hydrogen) atoms. The fraction of sp³-hybridized carbons (Fsp3) is 0.619. The van der Waals surface area contributed by atoms with Crippen molar-refractivity contribution in [3.63, 3.8) is 0 Å². The fourth-order valence-electron chi connectivity index (χ4n) is 5.80. The van der Waals surface area contributed by atoms with Gasteiger partial charge in [-0.1, -0.05) is 12.1 Å². The number of para-hydroxylation sites is 2. The van der Waals surface area contributed by atoms with Crippen molar-refractivity contribution in [3.05, 3.63) is 24.3 Å². The number of anilines is 1. The number of carbonyl (C=O) groups excluding carboxylic acids is 2. The van der Waals surface area contributed by atoms with Crippen LogP contribution in [0, 0.1) is 17.8 Å². The van der Waals surface area contributed by atoms with Crippen molar-refractivity contribution in [1.82, 2.24) is 10.6 Å². The van der Waals surface area contributed by atoms with Crippen LogP contribution >= 0.6 is 0 Å². The van der Waals surface area contributed by atoms with Gasteiger partial charge in [0, 0.05) is 18.5 Å². The van der Waals surface area contributed by atoms with E-state index < -0.39 is 0 Å². The number of hydrogen-bond donors (Lipinski definition) is 3. The van der Waals surface area contributed by atoms with E-state index in [1.807, 2.05) is 12.1 Å². The van der Waals surface area contributed by atoms with E-state index >= 15 is 0 Å². The minimum absolute atomic E-state index is 0.00149. The zero-order valence-corrected chi connectivity index (χ0v) is 15.9. The monoisotopic (exact) mass is 371 g/mol. The predicted octanol–water partition coefficient (Wildman–Crippen LogP) is 3.29. The largest absolute Gasteiger partial charge is 0.495 e. The molecule has 0 aromatic heterocycles. The molecule has 0 heterocycles. The van der Waals surface area contributed by atoms with Crippen molar-refractivity contribution in [2.75, 3.05) is 19.0 Å². The van der Waals surface area contributed by atoms with Gasteiger partial charge in [-0.2, -0.15) is 0 Å². The summed E-state index contributed by atoms with van der Waals surface area (Å²) in [5, 5.41) is 8.95. The first-order valence-electron chi connectivity index (χ1n) is 10.0. The molecule has 4 saturated carbocycles. The second kappa shape index (κ2) is 7.41. The third-order valence-electron chi connectivity index (χ3n) is 6.44. The smallest absolute Gasteiger partial charge is 0.315 e. The molecule has 6 nitrogen and oxygen atoms in total. The summed E-state index contributed by atoms with van der Waals surface area (Å²) in [4.78, 5) is 24.5. The number of methoxy groups -OCH3 is 1. The number of nitrogens with one attached hydrogen (secondary N) is 3. The van der Waals surface area contributed by atoms with E-state index in [0.717, 1.165) is 37.0 Å². The molecule has 0 atom stereocenters. The van der Waals surface area contributed by atoms with Crippen LogP contribution in [0.3, 0.4) is 0 Å². The molecule has 0 radical (unpaired) electrons. The third-order valence-corrected chi connectivity index (χ3v) is 6.44. The Balaban J connectivity index is 1.22. The zero-order valence-electron chi connectivity index (χ0n) is 15.9. The van der Waals surface area contributed by atoms with Crippen LogP contribution in [0.5, 0.6) is 5.75 Å². The maximum absolute atomic E-state index is 12.4. The Hall–Kier alpha value is -2.24. The summed E-state index contributed by atoms with van der Waals surface area (Å²) < 4.78 is 5.23. The minimum atomic E-state index is -0.144. The van der Waals surface area contributed by atoms with Gasteiger partial charge in [0.05, 0.1) is 12.8 Å². The van der Waals surface area contributed by atoms with E-state index in [9.17, 15) is 9.59 Å². The topological polar surface area (TPSA) is 79.5 Å². The summed E-state index contributed by atoms with van der Waals surface area (Å²) in [5.74, 6) is 2.86. The Morgan fingerprint density at radius 2 is 1.70 bits per heavy atom. The van der Waals surface area contributed by atoms with Crippen molar-refractivity contribution in [2.45, 2.75) is 50.5 Å². The van der Waals surface area contributed by atoms with E-state index in [2.05, 4.69) is 16.0 Å². The average Bonchev–Trinajstić information content (AvgIpc) is 2.60. The van der Waals surface area contributed by atoms with E-state index in [-0.39, 0.29) is 23.9 Å². The fourth-order valence-corrected chi connectivity index (χ4v) is 5.80. The van der Waals surface area contributed by atoms with Gasteiger partial charge < -0.3 is 20.7 Å². The van der Waals surface area contributed by atoms with Crippen LogP contribution in [-0.2, 0) is 4.79 Å². The van der Waals surface area contributed by atoms with Crippen molar-refractivity contribution >= 4 is 17.6 Å². The second-order valence-corrected chi connectivity index (χ2v) is 8.58. The van der Waals surface area contributed by atoms with Gasteiger partial charge in [-0.05, 0) is 68.4 Å². The first-order chi connectivity index (χ1) is 13.0. The molecule has 1 aromatic rings. The van der Waals surface area contributed by atoms with Crippen LogP contribution in [0.15, 0.2) is 24.3 Å². The minimum Gasteiger partial charge on any atom is -0.495 e. The van der Waals surface area contributed by atoms with Gasteiger partial charge in [0.25, 0.3) is 0 Å². The van der Waals surface area contributed by atoms with Crippen LogP contribution < -0.4 is 20.7 Å². The highest BCUT2D eigenvalue weighted by atomic mass is 16.5. The predicted molar refractivity (Wildman–Crippen MR) is 104 cm³/mol. The van der Waals surface area contributed by atoms with E-state index in [1.165, 1.54) is 19.3 Å². The maximum Gasteiger partial charge on any atom is 0.315 e. The molecule has 6 heteroatoms. The number of urea groups is 1. The van der Waals surface area contributed by atoms with Crippen LogP contribution in [0.4, 0.5) is 10.5 Å². The summed E-state index contributed by atoms with van der Waals surface area (Å²) in [7, 11) is 1.57. The lowest BCUT2D eigenvalue weighted by Crippen LogP contribution is -2.61. The molecular weight excluding hydrogens is 342 g/mol. The SMILES string of the molecule is COc1ccccc1NC(=O)CCNC(=O)NC12CC3CC(CC(C3)C1)C2. The van der Waals surface area contributed by atoms with Gasteiger partial charge in [0.1, 0.15) is 5.75 Å². The number of hydrogen-bond acceptors (Lipinski definition) is 3. The second-order valence-electron chi connectivity index (χ2n) is 8.58. The van der Waals surface area contributed by atoms with Gasteiger partial charge in [0.2, 0.25) is 5.91 Å². The number of rotatable bonds is 6.